The van der Waals surface area contributed by atoms with Crippen molar-refractivity contribution in [3.8, 4) is 0 Å². The molecule has 1 aromatic heterocycles. The van der Waals surface area contributed by atoms with E-state index in [1.165, 1.54) is 11.3 Å². The second kappa shape index (κ2) is 2.15. The number of carbonyl (C=O) groups excluding carboxylic acids is 2. The van der Waals surface area contributed by atoms with E-state index in [9.17, 15) is 9.59 Å². The Bertz CT molecular complexity index is 323. The van der Waals surface area contributed by atoms with Gasteiger partial charge in [-0.1, -0.05) is 0 Å². The number of cyclic esters (lactones) is 2. The van der Waals surface area contributed by atoms with Crippen molar-refractivity contribution in [2.45, 2.75) is 0 Å². The summed E-state index contributed by atoms with van der Waals surface area (Å²) in [6.45, 7) is 0. The van der Waals surface area contributed by atoms with Crippen molar-refractivity contribution >= 4 is 39.2 Å². The quantitative estimate of drug-likeness (QED) is 0.507. The average molecular weight is 233 g/mol. The van der Waals surface area contributed by atoms with Crippen molar-refractivity contribution in [2.75, 3.05) is 0 Å². The van der Waals surface area contributed by atoms with Crippen LogP contribution in [0.5, 0.6) is 0 Å². The van der Waals surface area contributed by atoms with Gasteiger partial charge in [0.2, 0.25) is 0 Å². The molecular weight excluding hydrogens is 232 g/mol. The van der Waals surface area contributed by atoms with Gasteiger partial charge in [-0.25, -0.2) is 9.59 Å². The molecule has 1 aromatic rings. The Balaban J connectivity index is 2.67. The molecule has 0 unspecified atom stereocenters. The molecule has 0 aromatic carbocycles. The number of hydrogen-bond donors (Lipinski definition) is 0. The molecule has 2 heterocycles. The Kier molecular flexibility index (Phi) is 1.37. The van der Waals surface area contributed by atoms with E-state index in [2.05, 4.69) is 20.7 Å². The fourth-order valence-electron chi connectivity index (χ4n) is 0.850. The van der Waals surface area contributed by atoms with Crippen LogP contribution in [0.1, 0.15) is 20.0 Å². The normalized spacial score (nSPS) is 15.0. The number of hydrogen-bond acceptors (Lipinski definition) is 4. The summed E-state index contributed by atoms with van der Waals surface area (Å²) in [4.78, 5) is 22.1. The third-order valence-electron chi connectivity index (χ3n) is 1.29. The van der Waals surface area contributed by atoms with E-state index >= 15 is 0 Å². The van der Waals surface area contributed by atoms with Gasteiger partial charge in [-0.3, -0.25) is 0 Å². The Labute approximate surface area is 74.1 Å². The highest BCUT2D eigenvalue weighted by Gasteiger charge is 2.32. The maximum atomic E-state index is 10.8. The molecule has 1 aliphatic heterocycles. The van der Waals surface area contributed by atoms with Crippen LogP contribution >= 0.6 is 27.3 Å². The maximum Gasteiger partial charge on any atom is 0.357 e. The van der Waals surface area contributed by atoms with Crippen LogP contribution in [0, 0.1) is 0 Å². The monoisotopic (exact) mass is 232 g/mol. The number of carbonyl (C=O) groups is 2. The molecule has 0 fully saturated rings. The fraction of sp³-hybridized carbons (Fsp3) is 0. The molecule has 0 radical (unpaired) electrons. The molecule has 0 amide bonds. The van der Waals surface area contributed by atoms with Crippen molar-refractivity contribution < 1.29 is 14.3 Å². The summed E-state index contributed by atoms with van der Waals surface area (Å²) >= 11 is 4.38. The van der Waals surface area contributed by atoms with Gasteiger partial charge < -0.3 is 4.74 Å². The summed E-state index contributed by atoms with van der Waals surface area (Å²) in [6.07, 6.45) is 0. The van der Waals surface area contributed by atoms with Crippen LogP contribution in [0.2, 0.25) is 0 Å². The van der Waals surface area contributed by atoms with E-state index in [-0.39, 0.29) is 0 Å². The first kappa shape index (κ1) is 7.00. The Hall–Kier alpha value is -0.680. The van der Waals surface area contributed by atoms with Crippen molar-refractivity contribution in [1.29, 1.82) is 0 Å². The Morgan fingerprint density at radius 1 is 1.36 bits per heavy atom. The van der Waals surface area contributed by atoms with Crippen LogP contribution in [0.15, 0.2) is 9.85 Å². The summed E-state index contributed by atoms with van der Waals surface area (Å²) in [5.74, 6) is -1.09. The molecule has 0 atom stereocenters. The van der Waals surface area contributed by atoms with Crippen molar-refractivity contribution in [3.05, 3.63) is 20.3 Å². The number of thiophene rings is 1. The lowest BCUT2D eigenvalue weighted by molar-refractivity contribution is 0.0445. The minimum absolute atomic E-state index is 0.367. The molecule has 0 N–H and O–H groups in total. The van der Waals surface area contributed by atoms with E-state index < -0.39 is 11.9 Å². The van der Waals surface area contributed by atoms with Gasteiger partial charge >= 0.3 is 11.9 Å². The van der Waals surface area contributed by atoms with E-state index in [4.69, 9.17) is 0 Å². The zero-order valence-corrected chi connectivity index (χ0v) is 7.49. The van der Waals surface area contributed by atoms with E-state index in [0.717, 1.165) is 3.79 Å². The van der Waals surface area contributed by atoms with Gasteiger partial charge in [0.1, 0.15) is 4.88 Å². The van der Waals surface area contributed by atoms with E-state index in [0.29, 0.717) is 10.4 Å². The van der Waals surface area contributed by atoms with Gasteiger partial charge in [-0.2, -0.15) is 0 Å². The number of fused-ring (bicyclic) bond motifs is 1. The molecule has 1 aliphatic rings. The van der Waals surface area contributed by atoms with Crippen LogP contribution in [-0.4, -0.2) is 11.9 Å². The molecule has 0 spiro atoms. The van der Waals surface area contributed by atoms with Crippen LogP contribution in [0.3, 0.4) is 0 Å². The molecule has 2 rings (SSSR count). The third-order valence-corrected chi connectivity index (χ3v) is 2.91. The summed E-state index contributed by atoms with van der Waals surface area (Å²) in [7, 11) is 0. The van der Waals surface area contributed by atoms with Gasteiger partial charge in [0, 0.05) is 0 Å². The summed E-state index contributed by atoms with van der Waals surface area (Å²) in [5, 5.41) is 0. The molecule has 0 saturated carbocycles. The number of esters is 2. The largest absolute Gasteiger partial charge is 0.385 e. The molecule has 11 heavy (non-hydrogen) atoms. The highest BCUT2D eigenvalue weighted by molar-refractivity contribution is 9.11. The van der Waals surface area contributed by atoms with Crippen LogP contribution in [0.25, 0.3) is 0 Å². The topological polar surface area (TPSA) is 43.4 Å². The summed E-state index contributed by atoms with van der Waals surface area (Å²) in [5.41, 5.74) is 0.367. The smallest absolute Gasteiger partial charge is 0.357 e. The first-order valence-corrected chi connectivity index (χ1v) is 4.35. The Morgan fingerprint density at radius 3 is 2.73 bits per heavy atom. The zero-order chi connectivity index (χ0) is 8.01. The van der Waals surface area contributed by atoms with Gasteiger partial charge in [0.15, 0.2) is 0 Å². The lowest BCUT2D eigenvalue weighted by Gasteiger charge is -1.85. The SMILES string of the molecule is O=C1OC(=O)c2sc(Br)cc21. The second-order valence-electron chi connectivity index (χ2n) is 1.97. The molecule has 3 nitrogen and oxygen atoms in total. The number of halogens is 1. The molecule has 0 bridgehead atoms. The third kappa shape index (κ3) is 0.918. The van der Waals surface area contributed by atoms with E-state index in [1.807, 2.05) is 0 Å². The van der Waals surface area contributed by atoms with Crippen molar-refractivity contribution in [3.63, 3.8) is 0 Å². The van der Waals surface area contributed by atoms with Crippen molar-refractivity contribution in [2.24, 2.45) is 0 Å². The van der Waals surface area contributed by atoms with Gasteiger partial charge in [-0.05, 0) is 22.0 Å². The minimum atomic E-state index is -0.549. The summed E-state index contributed by atoms with van der Waals surface area (Å²) in [6, 6.07) is 1.59. The maximum absolute atomic E-state index is 10.8. The van der Waals surface area contributed by atoms with Crippen molar-refractivity contribution in [1.82, 2.24) is 0 Å². The molecule has 0 saturated heterocycles. The fourth-order valence-corrected chi connectivity index (χ4v) is 2.31. The van der Waals surface area contributed by atoms with Gasteiger partial charge in [0.25, 0.3) is 0 Å². The second-order valence-corrected chi connectivity index (χ2v) is 4.40. The van der Waals surface area contributed by atoms with Crippen LogP contribution in [0.4, 0.5) is 0 Å². The summed E-state index contributed by atoms with van der Waals surface area (Å²) < 4.78 is 5.11. The first-order valence-electron chi connectivity index (χ1n) is 2.74. The number of ether oxygens (including phenoxy) is 1. The molecule has 0 aliphatic carbocycles. The lowest BCUT2D eigenvalue weighted by Crippen LogP contribution is -1.97. The zero-order valence-electron chi connectivity index (χ0n) is 5.09. The van der Waals surface area contributed by atoms with Gasteiger partial charge in [-0.15, -0.1) is 11.3 Å². The van der Waals surface area contributed by atoms with Gasteiger partial charge in [0.05, 0.1) is 9.35 Å². The van der Waals surface area contributed by atoms with Crippen LogP contribution in [-0.2, 0) is 4.74 Å². The van der Waals surface area contributed by atoms with Crippen LogP contribution < -0.4 is 0 Å². The minimum Gasteiger partial charge on any atom is -0.385 e. The van der Waals surface area contributed by atoms with E-state index in [1.54, 1.807) is 6.07 Å². The standard InChI is InChI=1S/C6HBrO3S/c7-3-1-2-4(11-3)6(9)10-5(2)8/h1H. The highest BCUT2D eigenvalue weighted by atomic mass is 79.9. The molecular formula is C6HBrO3S. The number of rotatable bonds is 0. The lowest BCUT2D eigenvalue weighted by atomic mass is 10.3. The molecule has 56 valence electrons. The average Bonchev–Trinajstić information content (AvgIpc) is 2.38. The highest BCUT2D eigenvalue weighted by Crippen LogP contribution is 2.32. The predicted molar refractivity (Wildman–Crippen MR) is 41.8 cm³/mol. The Morgan fingerprint density at radius 2 is 2.09 bits per heavy atom. The first-order chi connectivity index (χ1) is 5.18. The molecule has 5 heteroatoms. The predicted octanol–water partition coefficient (Wildman–Crippen LogP) is 1.82.